The number of aliphatic hydroxyl groups is 3. The van der Waals surface area contributed by atoms with E-state index >= 15 is 0 Å². The predicted octanol–water partition coefficient (Wildman–Crippen LogP) is -1.92. The molecule has 0 aromatic heterocycles. The van der Waals surface area contributed by atoms with Crippen LogP contribution in [0.2, 0.25) is 0 Å². The molecule has 0 aliphatic heterocycles. The van der Waals surface area contributed by atoms with Crippen LogP contribution in [0.1, 0.15) is 0 Å². The summed E-state index contributed by atoms with van der Waals surface area (Å²) >= 11 is 0. The molecular weight excluding hydrogens is 146 g/mol. The van der Waals surface area contributed by atoms with Crippen LogP contribution < -0.4 is 5.73 Å². The molecule has 0 heterocycles. The van der Waals surface area contributed by atoms with E-state index < -0.39 is 18.8 Å². The summed E-state index contributed by atoms with van der Waals surface area (Å²) in [6.45, 7) is -0.472. The predicted molar refractivity (Wildman–Crippen MR) is 35.4 cm³/mol. The zero-order valence-electron chi connectivity index (χ0n) is 4.90. The van der Waals surface area contributed by atoms with Crippen molar-refractivity contribution in [2.75, 3.05) is 13.2 Å². The summed E-state index contributed by atoms with van der Waals surface area (Å²) in [7, 11) is 0. The number of rotatable bonds is 3. The number of aliphatic hydroxyl groups excluding tert-OH is 3. The van der Waals surface area contributed by atoms with Crippen LogP contribution >= 0.6 is 12.4 Å². The minimum atomic E-state index is -1.10. The summed E-state index contributed by atoms with van der Waals surface area (Å²) in [4.78, 5) is 0. The van der Waals surface area contributed by atoms with E-state index in [0.29, 0.717) is 0 Å². The highest BCUT2D eigenvalue weighted by Crippen LogP contribution is 1.87. The fourth-order valence-corrected chi connectivity index (χ4v) is 0.279. The molecule has 0 saturated carbocycles. The zero-order chi connectivity index (χ0) is 6.57. The van der Waals surface area contributed by atoms with Crippen molar-refractivity contribution in [1.82, 2.24) is 0 Å². The maximum atomic E-state index is 8.59. The van der Waals surface area contributed by atoms with Crippen molar-refractivity contribution in [2.45, 2.75) is 12.2 Å². The third-order valence-corrected chi connectivity index (χ3v) is 0.873. The van der Waals surface area contributed by atoms with Crippen LogP contribution in [0, 0.1) is 0 Å². The van der Waals surface area contributed by atoms with Gasteiger partial charge in [-0.15, -0.1) is 12.4 Å². The quantitative estimate of drug-likeness (QED) is 0.385. The highest BCUT2D eigenvalue weighted by molar-refractivity contribution is 5.85. The molecule has 0 amide bonds. The number of nitrogens with two attached hydrogens (primary N) is 1. The Bertz CT molecular complexity index is 55.8. The topological polar surface area (TPSA) is 86.7 Å². The van der Waals surface area contributed by atoms with Crippen molar-refractivity contribution in [3.63, 3.8) is 0 Å². The van der Waals surface area contributed by atoms with E-state index in [0.717, 1.165) is 0 Å². The van der Waals surface area contributed by atoms with E-state index in [1.165, 1.54) is 0 Å². The molecule has 0 unspecified atom stereocenters. The third-order valence-electron chi connectivity index (χ3n) is 0.873. The smallest absolute Gasteiger partial charge is 0.104 e. The van der Waals surface area contributed by atoms with E-state index in [2.05, 4.69) is 0 Å². The van der Waals surface area contributed by atoms with E-state index in [1.807, 2.05) is 0 Å². The average molecular weight is 158 g/mol. The van der Waals surface area contributed by atoms with E-state index in [-0.39, 0.29) is 19.0 Å². The molecule has 2 atom stereocenters. The van der Waals surface area contributed by atoms with E-state index in [9.17, 15) is 0 Å². The van der Waals surface area contributed by atoms with Crippen molar-refractivity contribution in [3.05, 3.63) is 0 Å². The molecule has 0 radical (unpaired) electrons. The highest BCUT2D eigenvalue weighted by Gasteiger charge is 2.11. The fraction of sp³-hybridized carbons (Fsp3) is 1.00. The van der Waals surface area contributed by atoms with Gasteiger partial charge in [0.05, 0.1) is 12.7 Å². The molecular formula is C4H12ClNO3. The lowest BCUT2D eigenvalue weighted by Gasteiger charge is -2.11. The third kappa shape index (κ3) is 4.62. The molecule has 0 fully saturated rings. The minimum Gasteiger partial charge on any atom is -0.394 e. The second-order valence-electron chi connectivity index (χ2n) is 1.55. The SMILES string of the molecule is Cl.NC[C@@H](O)[C@@H](O)CO. The first-order valence-corrected chi connectivity index (χ1v) is 2.39. The van der Waals surface area contributed by atoms with Gasteiger partial charge in [-0.05, 0) is 0 Å². The van der Waals surface area contributed by atoms with Gasteiger partial charge in [0.25, 0.3) is 0 Å². The van der Waals surface area contributed by atoms with Gasteiger partial charge >= 0.3 is 0 Å². The van der Waals surface area contributed by atoms with E-state index in [4.69, 9.17) is 21.1 Å². The molecule has 0 saturated heterocycles. The molecule has 0 rings (SSSR count). The molecule has 58 valence electrons. The molecule has 0 spiro atoms. The van der Waals surface area contributed by atoms with E-state index in [1.54, 1.807) is 0 Å². The lowest BCUT2D eigenvalue weighted by atomic mass is 10.2. The van der Waals surface area contributed by atoms with Crippen molar-refractivity contribution in [1.29, 1.82) is 0 Å². The molecule has 4 nitrogen and oxygen atoms in total. The molecule has 9 heavy (non-hydrogen) atoms. The monoisotopic (exact) mass is 157 g/mol. The van der Waals surface area contributed by atoms with Crippen LogP contribution in [0.4, 0.5) is 0 Å². The van der Waals surface area contributed by atoms with Crippen molar-refractivity contribution >= 4 is 12.4 Å². The Hall–Kier alpha value is 0.130. The first-order valence-electron chi connectivity index (χ1n) is 2.39. The normalized spacial score (nSPS) is 16.0. The minimum absolute atomic E-state index is 0. The van der Waals surface area contributed by atoms with Gasteiger partial charge < -0.3 is 21.1 Å². The van der Waals surface area contributed by atoms with Crippen LogP contribution in [-0.4, -0.2) is 40.7 Å². The van der Waals surface area contributed by atoms with Crippen LogP contribution in [-0.2, 0) is 0 Å². The number of halogens is 1. The van der Waals surface area contributed by atoms with Crippen LogP contribution in [0.5, 0.6) is 0 Å². The molecule has 0 aliphatic carbocycles. The molecule has 5 heteroatoms. The Labute approximate surface area is 59.7 Å². The molecule has 0 bridgehead atoms. The Morgan fingerprint density at radius 1 is 1.22 bits per heavy atom. The molecule has 0 aromatic rings. The fourth-order valence-electron chi connectivity index (χ4n) is 0.279. The van der Waals surface area contributed by atoms with Crippen LogP contribution in [0.3, 0.4) is 0 Å². The van der Waals surface area contributed by atoms with Gasteiger partial charge in [0, 0.05) is 6.54 Å². The first-order chi connectivity index (χ1) is 3.72. The van der Waals surface area contributed by atoms with Crippen LogP contribution in [0.15, 0.2) is 0 Å². The summed E-state index contributed by atoms with van der Waals surface area (Å²) in [5, 5.41) is 25.3. The maximum absolute atomic E-state index is 8.59. The average Bonchev–Trinajstić information content (AvgIpc) is 1.84. The van der Waals surface area contributed by atoms with Gasteiger partial charge in [-0.1, -0.05) is 0 Å². The van der Waals surface area contributed by atoms with Gasteiger partial charge in [-0.2, -0.15) is 0 Å². The molecule has 0 aliphatic rings. The van der Waals surface area contributed by atoms with Gasteiger partial charge in [0.1, 0.15) is 6.10 Å². The van der Waals surface area contributed by atoms with Gasteiger partial charge in [0.2, 0.25) is 0 Å². The Morgan fingerprint density at radius 2 is 1.67 bits per heavy atom. The maximum Gasteiger partial charge on any atom is 0.104 e. The Kier molecular flexibility index (Phi) is 8.25. The largest absolute Gasteiger partial charge is 0.394 e. The Morgan fingerprint density at radius 3 is 1.78 bits per heavy atom. The zero-order valence-corrected chi connectivity index (χ0v) is 5.71. The number of hydrogen-bond acceptors (Lipinski definition) is 4. The first kappa shape index (κ1) is 11.9. The van der Waals surface area contributed by atoms with Crippen molar-refractivity contribution in [3.8, 4) is 0 Å². The summed E-state index contributed by atoms with van der Waals surface area (Å²) in [5.41, 5.74) is 4.93. The second-order valence-corrected chi connectivity index (χ2v) is 1.55. The summed E-state index contributed by atoms with van der Waals surface area (Å²) in [6.07, 6.45) is -2.10. The molecule has 0 aromatic carbocycles. The highest BCUT2D eigenvalue weighted by atomic mass is 35.5. The standard InChI is InChI=1S/C4H11NO3.ClH/c5-1-3(7)4(8)2-6;/h3-4,6-8H,1-2,5H2;1H/t3-,4+;/m1./s1. The van der Waals surface area contributed by atoms with Crippen LogP contribution in [0.25, 0.3) is 0 Å². The second kappa shape index (κ2) is 6.25. The van der Waals surface area contributed by atoms with Gasteiger partial charge in [-0.3, -0.25) is 0 Å². The summed E-state index contributed by atoms with van der Waals surface area (Å²) in [5.74, 6) is 0. The lowest BCUT2D eigenvalue weighted by molar-refractivity contribution is -0.00894. The van der Waals surface area contributed by atoms with Gasteiger partial charge in [-0.25, -0.2) is 0 Å². The summed E-state index contributed by atoms with van der Waals surface area (Å²) in [6, 6.07) is 0. The Balaban J connectivity index is 0. The van der Waals surface area contributed by atoms with Gasteiger partial charge in [0.15, 0.2) is 0 Å². The molecule has 5 N–H and O–H groups in total. The lowest BCUT2D eigenvalue weighted by Crippen LogP contribution is -2.35. The summed E-state index contributed by atoms with van der Waals surface area (Å²) < 4.78 is 0. The van der Waals surface area contributed by atoms with Crippen molar-refractivity contribution < 1.29 is 15.3 Å². The van der Waals surface area contributed by atoms with Crippen molar-refractivity contribution in [2.24, 2.45) is 5.73 Å². The number of hydrogen-bond donors (Lipinski definition) is 4.